The quantitative estimate of drug-likeness (QED) is 0.718. The first-order chi connectivity index (χ1) is 11.7. The molecule has 2 amide bonds. The number of amides is 2. The number of thioether (sulfide) groups is 2. The molecule has 0 unspecified atom stereocenters. The first-order valence-corrected chi connectivity index (χ1v) is 11.2. The molecule has 1 aliphatic rings. The van der Waals surface area contributed by atoms with Gasteiger partial charge in [0.1, 0.15) is 0 Å². The van der Waals surface area contributed by atoms with Gasteiger partial charge in [-0.25, -0.2) is 0 Å². The summed E-state index contributed by atoms with van der Waals surface area (Å²) in [6.07, 6.45) is 1.96. The second-order valence-electron chi connectivity index (χ2n) is 4.98. The Morgan fingerprint density at radius 3 is 2.50 bits per heavy atom. The Labute approximate surface area is 156 Å². The van der Waals surface area contributed by atoms with E-state index < -0.39 is 0 Å². The van der Waals surface area contributed by atoms with E-state index in [9.17, 15) is 9.59 Å². The topological polar surface area (TPSA) is 66.4 Å². The molecule has 1 saturated heterocycles. The third-order valence-electron chi connectivity index (χ3n) is 3.53. The number of rotatable bonds is 5. The lowest BCUT2D eigenvalue weighted by Crippen LogP contribution is -2.50. The van der Waals surface area contributed by atoms with Gasteiger partial charge in [-0.1, -0.05) is 40.9 Å². The van der Waals surface area contributed by atoms with Gasteiger partial charge in [0.2, 0.25) is 5.91 Å². The van der Waals surface area contributed by atoms with E-state index >= 15 is 0 Å². The van der Waals surface area contributed by atoms with Crippen molar-refractivity contribution >= 4 is 58.0 Å². The minimum atomic E-state index is 0.0601. The molecule has 3 heterocycles. The summed E-state index contributed by atoms with van der Waals surface area (Å²) in [4.78, 5) is 29.0. The van der Waals surface area contributed by atoms with Crippen LogP contribution in [0.2, 0.25) is 0 Å². The highest BCUT2D eigenvalue weighted by Crippen LogP contribution is 2.27. The van der Waals surface area contributed by atoms with E-state index in [1.807, 2.05) is 33.6 Å². The fourth-order valence-electron chi connectivity index (χ4n) is 2.27. The molecular formula is C14H16N4O2S4. The van der Waals surface area contributed by atoms with Gasteiger partial charge in [0.25, 0.3) is 5.91 Å². The predicted molar refractivity (Wildman–Crippen MR) is 99.2 cm³/mol. The molecule has 1 aliphatic heterocycles. The van der Waals surface area contributed by atoms with E-state index in [1.54, 1.807) is 11.8 Å². The molecule has 24 heavy (non-hydrogen) atoms. The maximum absolute atomic E-state index is 12.3. The molecule has 6 nitrogen and oxygen atoms in total. The molecule has 2 aromatic rings. The summed E-state index contributed by atoms with van der Waals surface area (Å²) in [6.45, 7) is 2.34. The maximum atomic E-state index is 12.3. The third kappa shape index (κ3) is 4.29. The van der Waals surface area contributed by atoms with Gasteiger partial charge in [0.15, 0.2) is 8.68 Å². The second kappa shape index (κ2) is 8.32. The van der Waals surface area contributed by atoms with E-state index in [2.05, 4.69) is 10.2 Å². The molecule has 1 fully saturated rings. The molecular weight excluding hydrogens is 384 g/mol. The lowest BCUT2D eigenvalue weighted by atomic mass is 10.3. The Balaban J connectivity index is 1.45. The standard InChI is InChI=1S/C14H16N4O2S4/c1-21-13-15-16-14(24-13)23-9-11(19)17-4-6-18(7-5-17)12(20)10-3-2-8-22-10/h2-3,8H,4-7,9H2,1H3. The van der Waals surface area contributed by atoms with E-state index in [4.69, 9.17) is 0 Å². The van der Waals surface area contributed by atoms with Crippen molar-refractivity contribution in [3.63, 3.8) is 0 Å². The number of carbonyl (C=O) groups excluding carboxylic acids is 2. The molecule has 0 saturated carbocycles. The second-order valence-corrected chi connectivity index (χ2v) is 9.18. The van der Waals surface area contributed by atoms with Crippen molar-refractivity contribution < 1.29 is 9.59 Å². The summed E-state index contributed by atoms with van der Waals surface area (Å²) >= 11 is 5.94. The van der Waals surface area contributed by atoms with Crippen molar-refractivity contribution in [2.75, 3.05) is 38.2 Å². The summed E-state index contributed by atoms with van der Waals surface area (Å²) in [6, 6.07) is 3.72. The van der Waals surface area contributed by atoms with Gasteiger partial charge < -0.3 is 9.80 Å². The van der Waals surface area contributed by atoms with Gasteiger partial charge in [-0.05, 0) is 17.7 Å². The van der Waals surface area contributed by atoms with E-state index in [0.29, 0.717) is 31.9 Å². The highest BCUT2D eigenvalue weighted by Gasteiger charge is 2.25. The Bertz CT molecular complexity index is 695. The normalized spacial score (nSPS) is 14.9. The Hall–Kier alpha value is -1.10. The van der Waals surface area contributed by atoms with Crippen LogP contribution in [0.15, 0.2) is 26.2 Å². The van der Waals surface area contributed by atoms with Crippen LogP contribution in [0.3, 0.4) is 0 Å². The lowest BCUT2D eigenvalue weighted by Gasteiger charge is -2.34. The zero-order valence-corrected chi connectivity index (χ0v) is 16.3. The van der Waals surface area contributed by atoms with Gasteiger partial charge in [0, 0.05) is 26.2 Å². The van der Waals surface area contributed by atoms with Crippen molar-refractivity contribution in [2.45, 2.75) is 8.68 Å². The van der Waals surface area contributed by atoms with Crippen molar-refractivity contribution in [2.24, 2.45) is 0 Å². The smallest absolute Gasteiger partial charge is 0.264 e. The van der Waals surface area contributed by atoms with Crippen LogP contribution < -0.4 is 0 Å². The van der Waals surface area contributed by atoms with E-state index in [-0.39, 0.29) is 11.8 Å². The maximum Gasteiger partial charge on any atom is 0.264 e. The van der Waals surface area contributed by atoms with Gasteiger partial charge in [0.05, 0.1) is 10.6 Å². The average Bonchev–Trinajstić information content (AvgIpc) is 3.30. The SMILES string of the molecule is CSc1nnc(SCC(=O)N2CCN(C(=O)c3cccs3)CC2)s1. The predicted octanol–water partition coefficient (Wildman–Crippen LogP) is 2.40. The van der Waals surface area contributed by atoms with Crippen LogP contribution in [0.5, 0.6) is 0 Å². The van der Waals surface area contributed by atoms with Crippen LogP contribution in [-0.4, -0.2) is 70.0 Å². The first-order valence-electron chi connectivity index (χ1n) is 7.28. The number of thiophene rings is 1. The van der Waals surface area contributed by atoms with Crippen LogP contribution in [0.4, 0.5) is 0 Å². The summed E-state index contributed by atoms with van der Waals surface area (Å²) in [5.74, 6) is 0.510. The van der Waals surface area contributed by atoms with Crippen molar-refractivity contribution in [3.05, 3.63) is 22.4 Å². The molecule has 0 radical (unpaired) electrons. The van der Waals surface area contributed by atoms with Gasteiger partial charge >= 0.3 is 0 Å². The average molecular weight is 401 g/mol. The highest BCUT2D eigenvalue weighted by atomic mass is 32.2. The largest absolute Gasteiger partial charge is 0.338 e. The van der Waals surface area contributed by atoms with Crippen molar-refractivity contribution in [3.8, 4) is 0 Å². The zero-order chi connectivity index (χ0) is 16.9. The Morgan fingerprint density at radius 2 is 1.88 bits per heavy atom. The Kier molecular flexibility index (Phi) is 6.14. The summed E-state index contributed by atoms with van der Waals surface area (Å²) in [5, 5.41) is 9.98. The van der Waals surface area contributed by atoms with Crippen LogP contribution in [0, 0.1) is 0 Å². The summed E-state index contributed by atoms with van der Waals surface area (Å²) in [7, 11) is 0. The Morgan fingerprint density at radius 1 is 1.17 bits per heavy atom. The zero-order valence-electron chi connectivity index (χ0n) is 13.0. The number of nitrogens with zero attached hydrogens (tertiary/aromatic N) is 4. The molecule has 0 aliphatic carbocycles. The van der Waals surface area contributed by atoms with Gasteiger partial charge in [-0.15, -0.1) is 21.5 Å². The van der Waals surface area contributed by atoms with Crippen LogP contribution in [-0.2, 0) is 4.79 Å². The molecule has 2 aromatic heterocycles. The molecule has 0 atom stereocenters. The number of hydrogen-bond acceptors (Lipinski definition) is 8. The number of piperazine rings is 1. The van der Waals surface area contributed by atoms with Crippen molar-refractivity contribution in [1.29, 1.82) is 0 Å². The minimum absolute atomic E-state index is 0.0601. The third-order valence-corrected chi connectivity index (χ3v) is 7.41. The molecule has 0 bridgehead atoms. The highest BCUT2D eigenvalue weighted by molar-refractivity contribution is 8.03. The molecule has 128 valence electrons. The molecule has 0 aromatic carbocycles. The lowest BCUT2D eigenvalue weighted by molar-refractivity contribution is -0.129. The van der Waals surface area contributed by atoms with Gasteiger partial charge in [-0.3, -0.25) is 9.59 Å². The summed E-state index contributed by atoms with van der Waals surface area (Å²) in [5.41, 5.74) is 0. The molecule has 0 N–H and O–H groups in total. The number of carbonyl (C=O) groups is 2. The minimum Gasteiger partial charge on any atom is -0.338 e. The van der Waals surface area contributed by atoms with E-state index in [1.165, 1.54) is 34.4 Å². The molecule has 3 rings (SSSR count). The molecule has 10 heteroatoms. The van der Waals surface area contributed by atoms with Crippen molar-refractivity contribution in [1.82, 2.24) is 20.0 Å². The van der Waals surface area contributed by atoms with Crippen LogP contribution >= 0.6 is 46.2 Å². The van der Waals surface area contributed by atoms with Crippen LogP contribution in [0.1, 0.15) is 9.67 Å². The first kappa shape index (κ1) is 17.7. The fourth-order valence-corrected chi connectivity index (χ4v) is 5.30. The van der Waals surface area contributed by atoms with Gasteiger partial charge in [-0.2, -0.15) is 0 Å². The number of aromatic nitrogens is 2. The molecule has 0 spiro atoms. The number of hydrogen-bond donors (Lipinski definition) is 0. The monoisotopic (exact) mass is 400 g/mol. The van der Waals surface area contributed by atoms with E-state index in [0.717, 1.165) is 13.6 Å². The fraction of sp³-hybridized carbons (Fsp3) is 0.429. The van der Waals surface area contributed by atoms with Crippen LogP contribution in [0.25, 0.3) is 0 Å². The summed E-state index contributed by atoms with van der Waals surface area (Å²) < 4.78 is 1.73.